The van der Waals surface area contributed by atoms with Crippen LogP contribution in [0.25, 0.3) is 0 Å². The van der Waals surface area contributed by atoms with E-state index in [0.717, 1.165) is 18.3 Å². The molecular weight excluding hydrogens is 148 g/mol. The Hall–Kier alpha value is -0.0400. The van der Waals surface area contributed by atoms with Crippen LogP contribution in [0.4, 0.5) is 0 Å². The lowest BCUT2D eigenvalue weighted by atomic mass is 9.72. The van der Waals surface area contributed by atoms with E-state index in [1.807, 2.05) is 0 Å². The van der Waals surface area contributed by atoms with Gasteiger partial charge in [-0.25, -0.2) is 0 Å². The van der Waals surface area contributed by atoms with Gasteiger partial charge in [0, 0.05) is 0 Å². The Morgan fingerprint density at radius 1 is 1.17 bits per heavy atom. The van der Waals surface area contributed by atoms with Crippen LogP contribution in [0, 0.1) is 17.8 Å². The molecule has 0 saturated heterocycles. The highest BCUT2D eigenvalue weighted by Gasteiger charge is 2.32. The van der Waals surface area contributed by atoms with Crippen LogP contribution >= 0.6 is 0 Å². The molecule has 0 aromatic carbocycles. The Bertz CT molecular complexity index is 131. The number of aliphatic hydroxyl groups is 1. The SMILES string of the molecule is CC(C)CCC(C)C1CCC1O. The van der Waals surface area contributed by atoms with Crippen molar-refractivity contribution in [2.75, 3.05) is 0 Å². The maximum atomic E-state index is 9.44. The first-order chi connectivity index (χ1) is 5.61. The molecule has 0 heterocycles. The smallest absolute Gasteiger partial charge is 0.0571 e. The van der Waals surface area contributed by atoms with E-state index in [1.54, 1.807) is 0 Å². The Kier molecular flexibility index (Phi) is 3.57. The quantitative estimate of drug-likeness (QED) is 0.688. The van der Waals surface area contributed by atoms with Gasteiger partial charge < -0.3 is 5.11 Å². The van der Waals surface area contributed by atoms with Crippen molar-refractivity contribution in [3.8, 4) is 0 Å². The minimum Gasteiger partial charge on any atom is -0.393 e. The molecule has 12 heavy (non-hydrogen) atoms. The Morgan fingerprint density at radius 3 is 2.17 bits per heavy atom. The van der Waals surface area contributed by atoms with Crippen molar-refractivity contribution >= 4 is 0 Å². The third kappa shape index (κ3) is 2.48. The van der Waals surface area contributed by atoms with Crippen LogP contribution in [0.3, 0.4) is 0 Å². The molecule has 1 heteroatoms. The van der Waals surface area contributed by atoms with Gasteiger partial charge in [0.05, 0.1) is 6.10 Å². The molecule has 0 aromatic heterocycles. The highest BCUT2D eigenvalue weighted by atomic mass is 16.3. The van der Waals surface area contributed by atoms with E-state index in [1.165, 1.54) is 19.3 Å². The molecule has 1 saturated carbocycles. The maximum absolute atomic E-state index is 9.44. The number of rotatable bonds is 4. The molecule has 0 aromatic rings. The minimum atomic E-state index is 0.0205. The predicted molar refractivity (Wildman–Crippen MR) is 52.0 cm³/mol. The monoisotopic (exact) mass is 170 g/mol. The molecule has 0 spiro atoms. The molecule has 1 N–H and O–H groups in total. The van der Waals surface area contributed by atoms with Gasteiger partial charge >= 0.3 is 0 Å². The predicted octanol–water partition coefficient (Wildman–Crippen LogP) is 2.83. The summed E-state index contributed by atoms with van der Waals surface area (Å²) in [6, 6.07) is 0. The lowest BCUT2D eigenvalue weighted by Crippen LogP contribution is -2.36. The molecule has 1 rings (SSSR count). The highest BCUT2D eigenvalue weighted by Crippen LogP contribution is 2.36. The summed E-state index contributed by atoms with van der Waals surface area (Å²) in [6.07, 6.45) is 4.91. The lowest BCUT2D eigenvalue weighted by Gasteiger charge is -2.37. The fourth-order valence-electron chi connectivity index (χ4n) is 1.98. The fourth-order valence-corrected chi connectivity index (χ4v) is 1.98. The second kappa shape index (κ2) is 4.27. The van der Waals surface area contributed by atoms with Gasteiger partial charge in [0.25, 0.3) is 0 Å². The van der Waals surface area contributed by atoms with Crippen LogP contribution in [0.1, 0.15) is 46.5 Å². The van der Waals surface area contributed by atoms with E-state index in [2.05, 4.69) is 20.8 Å². The Balaban J connectivity index is 2.15. The summed E-state index contributed by atoms with van der Waals surface area (Å²) in [5, 5.41) is 9.44. The molecule has 1 fully saturated rings. The van der Waals surface area contributed by atoms with Crippen molar-refractivity contribution in [3.05, 3.63) is 0 Å². The minimum absolute atomic E-state index is 0.0205. The summed E-state index contributed by atoms with van der Waals surface area (Å²) in [7, 11) is 0. The molecule has 1 aliphatic rings. The molecule has 1 aliphatic carbocycles. The van der Waals surface area contributed by atoms with E-state index in [0.29, 0.717) is 5.92 Å². The van der Waals surface area contributed by atoms with Crippen LogP contribution in [0.5, 0.6) is 0 Å². The van der Waals surface area contributed by atoms with Gasteiger partial charge in [-0.1, -0.05) is 33.6 Å². The molecule has 3 atom stereocenters. The van der Waals surface area contributed by atoms with Gasteiger partial charge in [-0.05, 0) is 30.6 Å². The zero-order chi connectivity index (χ0) is 9.14. The van der Waals surface area contributed by atoms with E-state index in [-0.39, 0.29) is 6.10 Å². The molecule has 0 radical (unpaired) electrons. The van der Waals surface area contributed by atoms with Crippen molar-refractivity contribution < 1.29 is 5.11 Å². The first-order valence-electron chi connectivity index (χ1n) is 5.29. The van der Waals surface area contributed by atoms with Gasteiger partial charge in [-0.3, -0.25) is 0 Å². The molecule has 0 aliphatic heterocycles. The topological polar surface area (TPSA) is 20.2 Å². The van der Waals surface area contributed by atoms with Crippen LogP contribution in [-0.2, 0) is 0 Å². The lowest BCUT2D eigenvalue weighted by molar-refractivity contribution is -0.00861. The van der Waals surface area contributed by atoms with Gasteiger partial charge in [0.15, 0.2) is 0 Å². The van der Waals surface area contributed by atoms with E-state index >= 15 is 0 Å². The fraction of sp³-hybridized carbons (Fsp3) is 1.00. The Morgan fingerprint density at radius 2 is 1.83 bits per heavy atom. The molecular formula is C11H22O. The summed E-state index contributed by atoms with van der Waals surface area (Å²) in [6.45, 7) is 6.82. The standard InChI is InChI=1S/C11H22O/c1-8(2)4-5-9(3)10-6-7-11(10)12/h8-12H,4-7H2,1-3H3. The first kappa shape index (κ1) is 10.0. The number of hydrogen-bond donors (Lipinski definition) is 1. The van der Waals surface area contributed by atoms with Crippen molar-refractivity contribution in [1.82, 2.24) is 0 Å². The Labute approximate surface area is 76.2 Å². The van der Waals surface area contributed by atoms with Crippen LogP contribution < -0.4 is 0 Å². The zero-order valence-electron chi connectivity index (χ0n) is 8.59. The average Bonchev–Trinajstić information content (AvgIpc) is 1.98. The number of hydrogen-bond acceptors (Lipinski definition) is 1. The molecule has 3 unspecified atom stereocenters. The first-order valence-corrected chi connectivity index (χ1v) is 5.29. The van der Waals surface area contributed by atoms with Crippen molar-refractivity contribution in [3.63, 3.8) is 0 Å². The van der Waals surface area contributed by atoms with E-state index in [9.17, 15) is 5.11 Å². The molecule has 0 bridgehead atoms. The van der Waals surface area contributed by atoms with Gasteiger partial charge in [0.1, 0.15) is 0 Å². The van der Waals surface area contributed by atoms with Crippen molar-refractivity contribution in [1.29, 1.82) is 0 Å². The summed E-state index contributed by atoms with van der Waals surface area (Å²) < 4.78 is 0. The second-order valence-electron chi connectivity index (χ2n) is 4.76. The third-order valence-corrected chi connectivity index (χ3v) is 3.22. The van der Waals surface area contributed by atoms with Crippen LogP contribution in [0.15, 0.2) is 0 Å². The second-order valence-corrected chi connectivity index (χ2v) is 4.76. The van der Waals surface area contributed by atoms with E-state index < -0.39 is 0 Å². The molecule has 1 nitrogen and oxygen atoms in total. The van der Waals surface area contributed by atoms with E-state index in [4.69, 9.17) is 0 Å². The van der Waals surface area contributed by atoms with Crippen molar-refractivity contribution in [2.24, 2.45) is 17.8 Å². The third-order valence-electron chi connectivity index (χ3n) is 3.22. The summed E-state index contributed by atoms with van der Waals surface area (Å²) in [5.74, 6) is 2.16. The summed E-state index contributed by atoms with van der Waals surface area (Å²) >= 11 is 0. The highest BCUT2D eigenvalue weighted by molar-refractivity contribution is 4.83. The summed E-state index contributed by atoms with van der Waals surface area (Å²) in [5.41, 5.74) is 0. The van der Waals surface area contributed by atoms with Crippen LogP contribution in [0.2, 0.25) is 0 Å². The van der Waals surface area contributed by atoms with Gasteiger partial charge in [0.2, 0.25) is 0 Å². The van der Waals surface area contributed by atoms with Crippen LogP contribution in [-0.4, -0.2) is 11.2 Å². The maximum Gasteiger partial charge on any atom is 0.0571 e. The molecule has 72 valence electrons. The van der Waals surface area contributed by atoms with Crippen molar-refractivity contribution in [2.45, 2.75) is 52.6 Å². The number of aliphatic hydroxyl groups excluding tert-OH is 1. The largest absolute Gasteiger partial charge is 0.393 e. The van der Waals surface area contributed by atoms with Gasteiger partial charge in [-0.2, -0.15) is 0 Å². The average molecular weight is 170 g/mol. The summed E-state index contributed by atoms with van der Waals surface area (Å²) in [4.78, 5) is 0. The molecule has 0 amide bonds. The van der Waals surface area contributed by atoms with Gasteiger partial charge in [-0.15, -0.1) is 0 Å². The zero-order valence-corrected chi connectivity index (χ0v) is 8.59. The normalized spacial score (nSPS) is 31.8.